The summed E-state index contributed by atoms with van der Waals surface area (Å²) < 4.78 is 5.77. The third kappa shape index (κ3) is 1.73. The van der Waals surface area contributed by atoms with Crippen LogP contribution in [0, 0.1) is 0 Å². The summed E-state index contributed by atoms with van der Waals surface area (Å²) in [4.78, 5) is 0. The van der Waals surface area contributed by atoms with E-state index in [2.05, 4.69) is 60.7 Å². The Morgan fingerprint density at radius 2 is 1.46 bits per heavy atom. The van der Waals surface area contributed by atoms with Crippen molar-refractivity contribution in [1.82, 2.24) is 0 Å². The second-order valence-electron chi connectivity index (χ2n) is 6.55. The van der Waals surface area contributed by atoms with E-state index in [0.29, 0.717) is 0 Å². The summed E-state index contributed by atoms with van der Waals surface area (Å²) in [6, 6.07) is 18.3. The highest BCUT2D eigenvalue weighted by Crippen LogP contribution is 2.46. The Bertz CT molecular complexity index is 1300. The fourth-order valence-electron chi connectivity index (χ4n) is 3.87. The van der Waals surface area contributed by atoms with Crippen LogP contribution in [0.25, 0.3) is 46.4 Å². The highest BCUT2D eigenvalue weighted by Gasteiger charge is 2.15. The van der Waals surface area contributed by atoms with Gasteiger partial charge in [0, 0.05) is 20.2 Å². The molecule has 0 saturated heterocycles. The van der Waals surface area contributed by atoms with Crippen molar-refractivity contribution < 1.29 is 0 Å². The first-order valence-electron chi connectivity index (χ1n) is 8.34. The van der Waals surface area contributed by atoms with Gasteiger partial charge in [-0.25, -0.2) is 0 Å². The lowest BCUT2D eigenvalue weighted by atomic mass is 9.96. The van der Waals surface area contributed by atoms with E-state index in [0.717, 1.165) is 0 Å². The molecule has 114 valence electrons. The first kappa shape index (κ1) is 13.2. The SMILES string of the molecule is C1=Cc2cc3sc4c5cc6ccccc6cc5sc4c3cc2CC1. The Balaban J connectivity index is 1.76. The van der Waals surface area contributed by atoms with Crippen LogP contribution in [0.3, 0.4) is 0 Å². The van der Waals surface area contributed by atoms with Gasteiger partial charge in [-0.3, -0.25) is 0 Å². The highest BCUT2D eigenvalue weighted by molar-refractivity contribution is 7.36. The summed E-state index contributed by atoms with van der Waals surface area (Å²) >= 11 is 3.91. The van der Waals surface area contributed by atoms with E-state index in [-0.39, 0.29) is 0 Å². The lowest BCUT2D eigenvalue weighted by molar-refractivity contribution is 0.989. The van der Waals surface area contributed by atoms with Crippen LogP contribution in [0.2, 0.25) is 0 Å². The number of fused-ring (bicyclic) bond motifs is 7. The minimum absolute atomic E-state index is 1.17. The van der Waals surface area contributed by atoms with Crippen molar-refractivity contribution >= 4 is 69.1 Å². The minimum atomic E-state index is 1.17. The molecule has 1 aliphatic carbocycles. The van der Waals surface area contributed by atoms with Gasteiger partial charge in [0.05, 0.1) is 9.40 Å². The van der Waals surface area contributed by atoms with Gasteiger partial charge in [0.25, 0.3) is 0 Å². The molecule has 2 heterocycles. The fourth-order valence-corrected chi connectivity index (χ4v) is 6.57. The van der Waals surface area contributed by atoms with Crippen LogP contribution in [0.4, 0.5) is 0 Å². The van der Waals surface area contributed by atoms with Crippen molar-refractivity contribution in [1.29, 1.82) is 0 Å². The van der Waals surface area contributed by atoms with Gasteiger partial charge >= 0.3 is 0 Å². The van der Waals surface area contributed by atoms with E-state index in [1.54, 1.807) is 0 Å². The number of aryl methyl sites for hydroxylation is 1. The molecular weight excluding hydrogens is 328 g/mol. The molecule has 0 bridgehead atoms. The van der Waals surface area contributed by atoms with Gasteiger partial charge in [0.1, 0.15) is 0 Å². The molecule has 5 aromatic rings. The standard InChI is InChI=1S/C22H14S2/c1-3-7-15-11-19-17(9-13(15)5-1)21-22(23-19)18-10-14-6-2-4-8-16(14)12-20(18)24-21/h1,3-5,7-12H,2,6H2. The van der Waals surface area contributed by atoms with Crippen molar-refractivity contribution in [3.05, 3.63) is 65.7 Å². The Morgan fingerprint density at radius 3 is 2.29 bits per heavy atom. The van der Waals surface area contributed by atoms with Gasteiger partial charge in [0.15, 0.2) is 0 Å². The molecule has 0 spiro atoms. The molecule has 2 aromatic heterocycles. The Hall–Kier alpha value is -2.16. The third-order valence-corrected chi connectivity index (χ3v) is 7.59. The monoisotopic (exact) mass is 342 g/mol. The van der Waals surface area contributed by atoms with Crippen LogP contribution in [0.1, 0.15) is 17.5 Å². The molecule has 0 unspecified atom stereocenters. The van der Waals surface area contributed by atoms with Gasteiger partial charge in [-0.05, 0) is 59.0 Å². The average molecular weight is 342 g/mol. The number of thiophene rings is 2. The molecule has 3 aromatic carbocycles. The summed E-state index contributed by atoms with van der Waals surface area (Å²) in [5.41, 5.74) is 2.92. The first-order valence-corrected chi connectivity index (χ1v) is 9.97. The largest absolute Gasteiger partial charge is 0.134 e. The van der Waals surface area contributed by atoms with E-state index in [4.69, 9.17) is 0 Å². The molecule has 0 radical (unpaired) electrons. The average Bonchev–Trinajstić information content (AvgIpc) is 3.13. The van der Waals surface area contributed by atoms with Gasteiger partial charge < -0.3 is 0 Å². The van der Waals surface area contributed by atoms with Gasteiger partial charge in [-0.2, -0.15) is 0 Å². The van der Waals surface area contributed by atoms with E-state index >= 15 is 0 Å². The smallest absolute Gasteiger partial charge is 0.0542 e. The summed E-state index contributed by atoms with van der Waals surface area (Å²) in [6.45, 7) is 0. The Kier molecular flexibility index (Phi) is 2.57. The fraction of sp³-hybridized carbons (Fsp3) is 0.0909. The Labute approximate surface area is 147 Å². The van der Waals surface area contributed by atoms with E-state index < -0.39 is 0 Å². The van der Waals surface area contributed by atoms with Crippen molar-refractivity contribution in [2.24, 2.45) is 0 Å². The lowest BCUT2D eigenvalue weighted by Crippen LogP contribution is -1.92. The molecule has 0 aliphatic heterocycles. The Morgan fingerprint density at radius 1 is 0.750 bits per heavy atom. The molecule has 1 aliphatic rings. The van der Waals surface area contributed by atoms with Crippen LogP contribution < -0.4 is 0 Å². The molecule has 0 saturated carbocycles. The summed E-state index contributed by atoms with van der Waals surface area (Å²) in [6.07, 6.45) is 6.93. The van der Waals surface area contributed by atoms with Crippen LogP contribution in [-0.2, 0) is 6.42 Å². The zero-order chi connectivity index (χ0) is 15.7. The molecule has 0 atom stereocenters. The number of benzene rings is 3. The number of rotatable bonds is 0. The zero-order valence-electron chi connectivity index (χ0n) is 13.0. The van der Waals surface area contributed by atoms with Crippen molar-refractivity contribution in [2.45, 2.75) is 12.8 Å². The maximum Gasteiger partial charge on any atom is 0.0542 e. The quantitative estimate of drug-likeness (QED) is 0.275. The molecule has 0 nitrogen and oxygen atoms in total. The van der Waals surface area contributed by atoms with E-state index in [9.17, 15) is 0 Å². The maximum atomic E-state index is 2.45. The van der Waals surface area contributed by atoms with Crippen molar-refractivity contribution in [2.75, 3.05) is 0 Å². The minimum Gasteiger partial charge on any atom is -0.134 e. The molecule has 0 fully saturated rings. The van der Waals surface area contributed by atoms with Crippen molar-refractivity contribution in [3.8, 4) is 0 Å². The first-order chi connectivity index (χ1) is 11.9. The van der Waals surface area contributed by atoms with Gasteiger partial charge in [-0.1, -0.05) is 36.4 Å². The van der Waals surface area contributed by atoms with Crippen LogP contribution >= 0.6 is 22.7 Å². The topological polar surface area (TPSA) is 0 Å². The molecule has 2 heteroatoms. The molecular formula is C22H14S2. The highest BCUT2D eigenvalue weighted by atomic mass is 32.1. The molecule has 24 heavy (non-hydrogen) atoms. The zero-order valence-corrected chi connectivity index (χ0v) is 14.6. The maximum absolute atomic E-state index is 2.45. The second-order valence-corrected chi connectivity index (χ2v) is 8.65. The lowest BCUT2D eigenvalue weighted by Gasteiger charge is -2.09. The van der Waals surface area contributed by atoms with Crippen LogP contribution in [0.5, 0.6) is 0 Å². The molecule has 6 rings (SSSR count). The van der Waals surface area contributed by atoms with Crippen molar-refractivity contribution in [3.63, 3.8) is 0 Å². The normalized spacial score (nSPS) is 14.2. The summed E-state index contributed by atoms with van der Waals surface area (Å²) in [5, 5.41) is 5.55. The number of hydrogen-bond donors (Lipinski definition) is 0. The van der Waals surface area contributed by atoms with Crippen LogP contribution in [0.15, 0.2) is 54.6 Å². The molecule has 0 N–H and O–H groups in total. The van der Waals surface area contributed by atoms with Gasteiger partial charge in [-0.15, -0.1) is 22.7 Å². The summed E-state index contributed by atoms with van der Waals surface area (Å²) in [7, 11) is 0. The number of hydrogen-bond acceptors (Lipinski definition) is 2. The van der Waals surface area contributed by atoms with E-state index in [1.165, 1.54) is 64.3 Å². The predicted molar refractivity (Wildman–Crippen MR) is 110 cm³/mol. The van der Waals surface area contributed by atoms with E-state index in [1.807, 2.05) is 22.7 Å². The summed E-state index contributed by atoms with van der Waals surface area (Å²) in [5.74, 6) is 0. The number of allylic oxidation sites excluding steroid dienone is 1. The van der Waals surface area contributed by atoms with Crippen LogP contribution in [-0.4, -0.2) is 0 Å². The molecule has 0 amide bonds. The van der Waals surface area contributed by atoms with Gasteiger partial charge in [0.2, 0.25) is 0 Å². The second kappa shape index (κ2) is 4.69. The third-order valence-electron chi connectivity index (χ3n) is 5.09. The predicted octanol–water partition coefficient (Wildman–Crippen LogP) is 7.38.